The zero-order valence-electron chi connectivity index (χ0n) is 18.1. The number of hydrogen-bond donors (Lipinski definition) is 1. The van der Waals surface area contributed by atoms with E-state index in [9.17, 15) is 21.6 Å². The highest BCUT2D eigenvalue weighted by Gasteiger charge is 2.28. The average molecular weight is 519 g/mol. The molecule has 0 saturated heterocycles. The number of aryl methyl sites for hydroxylation is 1. The third-order valence-corrected chi connectivity index (χ3v) is 9.00. The second-order valence-corrected chi connectivity index (χ2v) is 12.4. The molecule has 3 aromatic rings. The second-order valence-electron chi connectivity index (χ2n) is 8.04. The molecule has 1 aliphatic rings. The number of carbonyl (C=O) groups excluding carboxylic acids is 1. The van der Waals surface area contributed by atoms with Crippen LogP contribution >= 0.6 is 11.6 Å². The van der Waals surface area contributed by atoms with Crippen LogP contribution in [0.4, 0.5) is 11.4 Å². The number of benzene rings is 3. The highest BCUT2D eigenvalue weighted by molar-refractivity contribution is 7.92. The number of nitrogens with zero attached hydrogens (tertiary/aromatic N) is 1. The maximum absolute atomic E-state index is 13.2. The lowest BCUT2D eigenvalue weighted by Gasteiger charge is -2.30. The first-order chi connectivity index (χ1) is 16.1. The van der Waals surface area contributed by atoms with Gasteiger partial charge in [0.05, 0.1) is 16.3 Å². The number of sulfonamides is 1. The summed E-state index contributed by atoms with van der Waals surface area (Å²) in [6.07, 6.45) is 1.56. The maximum atomic E-state index is 13.2. The van der Waals surface area contributed by atoms with Crippen LogP contribution in [-0.4, -0.2) is 35.0 Å². The van der Waals surface area contributed by atoms with Crippen molar-refractivity contribution in [1.82, 2.24) is 0 Å². The van der Waals surface area contributed by atoms with Crippen molar-refractivity contribution in [1.29, 1.82) is 0 Å². The lowest BCUT2D eigenvalue weighted by molar-refractivity contribution is -0.113. The molecule has 0 saturated carbocycles. The summed E-state index contributed by atoms with van der Waals surface area (Å²) in [7, 11) is -7.47. The molecule has 1 amide bonds. The zero-order chi connectivity index (χ0) is 24.3. The van der Waals surface area contributed by atoms with Gasteiger partial charge in [0.2, 0.25) is 5.91 Å². The molecule has 1 N–H and O–H groups in total. The first kappa shape index (κ1) is 24.3. The average Bonchev–Trinajstić information content (AvgIpc) is 2.80. The topological polar surface area (TPSA) is 101 Å². The number of para-hydroxylation sites is 1. The molecule has 0 radical (unpaired) electrons. The van der Waals surface area contributed by atoms with Crippen LogP contribution in [0.5, 0.6) is 0 Å². The Bertz CT molecular complexity index is 1400. The SMILES string of the molecule is O=C(CS(=O)(=O)Cc1ccc(Cl)cc1)Nc1ccc(S(=O)(=O)N2CCCc3ccccc32)cc1. The molecule has 0 unspecified atom stereocenters. The molecule has 1 aliphatic heterocycles. The number of hydrogen-bond acceptors (Lipinski definition) is 5. The Labute approximate surface area is 204 Å². The van der Waals surface area contributed by atoms with Gasteiger partial charge < -0.3 is 5.32 Å². The number of nitrogens with one attached hydrogen (secondary N) is 1. The summed E-state index contributed by atoms with van der Waals surface area (Å²) in [5.74, 6) is -1.68. The Morgan fingerprint density at radius 1 is 0.912 bits per heavy atom. The van der Waals surface area contributed by atoms with Crippen LogP contribution in [0.1, 0.15) is 17.5 Å². The van der Waals surface area contributed by atoms with Crippen molar-refractivity contribution in [3.05, 3.63) is 88.9 Å². The number of sulfone groups is 1. The van der Waals surface area contributed by atoms with Crippen molar-refractivity contribution >= 4 is 48.7 Å². The van der Waals surface area contributed by atoms with Gasteiger partial charge in [0.15, 0.2) is 9.84 Å². The summed E-state index contributed by atoms with van der Waals surface area (Å²) >= 11 is 5.81. The highest BCUT2D eigenvalue weighted by Crippen LogP contribution is 2.32. The molecule has 4 rings (SSSR count). The molecule has 0 aliphatic carbocycles. The van der Waals surface area contributed by atoms with E-state index in [0.29, 0.717) is 28.5 Å². The van der Waals surface area contributed by atoms with Crippen LogP contribution in [0.3, 0.4) is 0 Å². The smallest absolute Gasteiger partial charge is 0.264 e. The number of rotatable bonds is 7. The van der Waals surface area contributed by atoms with E-state index in [1.165, 1.54) is 28.6 Å². The fraction of sp³-hybridized carbons (Fsp3) is 0.208. The first-order valence-corrected chi connectivity index (χ1v) is 14.2. The third-order valence-electron chi connectivity index (χ3n) is 5.44. The molecule has 0 atom stereocenters. The molecule has 34 heavy (non-hydrogen) atoms. The van der Waals surface area contributed by atoms with Gasteiger partial charge in [-0.05, 0) is 66.4 Å². The molecule has 10 heteroatoms. The van der Waals surface area contributed by atoms with Crippen molar-refractivity contribution in [3.8, 4) is 0 Å². The predicted molar refractivity (Wildman–Crippen MR) is 133 cm³/mol. The van der Waals surface area contributed by atoms with E-state index in [1.807, 2.05) is 18.2 Å². The Morgan fingerprint density at radius 3 is 2.29 bits per heavy atom. The minimum atomic E-state index is -3.77. The minimum Gasteiger partial charge on any atom is -0.325 e. The normalized spacial score (nSPS) is 13.9. The number of halogens is 1. The summed E-state index contributed by atoms with van der Waals surface area (Å²) in [6.45, 7) is 0.392. The molecule has 0 bridgehead atoms. The van der Waals surface area contributed by atoms with Gasteiger partial charge in [-0.15, -0.1) is 0 Å². The van der Waals surface area contributed by atoms with Gasteiger partial charge in [0.1, 0.15) is 5.75 Å². The van der Waals surface area contributed by atoms with E-state index >= 15 is 0 Å². The standard InChI is InChI=1S/C24H23ClN2O5S2/c25-20-9-7-18(8-10-20)16-33(29,30)17-24(28)26-21-11-13-22(14-12-21)34(31,32)27-15-3-5-19-4-1-2-6-23(19)27/h1-2,4,6-14H,3,5,15-17H2,(H,26,28). The van der Waals surface area contributed by atoms with Crippen LogP contribution in [0.25, 0.3) is 0 Å². The molecule has 0 spiro atoms. The molecule has 0 fully saturated rings. The second kappa shape index (κ2) is 9.77. The summed E-state index contributed by atoms with van der Waals surface area (Å²) < 4.78 is 52.6. The van der Waals surface area contributed by atoms with Crippen LogP contribution in [-0.2, 0) is 36.8 Å². The van der Waals surface area contributed by atoms with Gasteiger partial charge in [0.25, 0.3) is 10.0 Å². The molecule has 7 nitrogen and oxygen atoms in total. The first-order valence-electron chi connectivity index (χ1n) is 10.6. The van der Waals surface area contributed by atoms with Gasteiger partial charge in [-0.1, -0.05) is 41.9 Å². The predicted octanol–water partition coefficient (Wildman–Crippen LogP) is 4.04. The van der Waals surface area contributed by atoms with Crippen molar-refractivity contribution < 1.29 is 21.6 Å². The summed E-state index contributed by atoms with van der Waals surface area (Å²) in [5, 5.41) is 3.01. The minimum absolute atomic E-state index is 0.0950. The van der Waals surface area contributed by atoms with Crippen molar-refractivity contribution in [3.63, 3.8) is 0 Å². The quantitative estimate of drug-likeness (QED) is 0.509. The Hall–Kier alpha value is -2.88. The van der Waals surface area contributed by atoms with Crippen LogP contribution in [0.2, 0.25) is 5.02 Å². The van der Waals surface area contributed by atoms with Crippen LogP contribution in [0.15, 0.2) is 77.7 Å². The summed E-state index contributed by atoms with van der Waals surface area (Å²) in [6, 6.07) is 19.5. The Kier molecular flexibility index (Phi) is 6.97. The highest BCUT2D eigenvalue weighted by atomic mass is 35.5. The summed E-state index contributed by atoms with van der Waals surface area (Å²) in [5.41, 5.74) is 2.51. The Balaban J connectivity index is 1.43. The lowest BCUT2D eigenvalue weighted by atomic mass is 10.0. The van der Waals surface area contributed by atoms with Gasteiger partial charge in [0, 0.05) is 17.3 Å². The third kappa shape index (κ3) is 5.60. The number of anilines is 2. The number of carbonyl (C=O) groups is 1. The fourth-order valence-electron chi connectivity index (χ4n) is 3.87. The molecular formula is C24H23ClN2O5S2. The van der Waals surface area contributed by atoms with E-state index in [0.717, 1.165) is 18.4 Å². The monoisotopic (exact) mass is 518 g/mol. The maximum Gasteiger partial charge on any atom is 0.264 e. The Morgan fingerprint density at radius 2 is 1.59 bits per heavy atom. The van der Waals surface area contributed by atoms with E-state index < -0.39 is 31.5 Å². The fourth-order valence-corrected chi connectivity index (χ4v) is 6.81. The summed E-state index contributed by atoms with van der Waals surface area (Å²) in [4.78, 5) is 12.4. The van der Waals surface area contributed by atoms with Crippen LogP contribution < -0.4 is 9.62 Å². The number of amides is 1. The van der Waals surface area contributed by atoms with E-state index in [1.54, 1.807) is 30.3 Å². The van der Waals surface area contributed by atoms with E-state index in [2.05, 4.69) is 5.32 Å². The van der Waals surface area contributed by atoms with Gasteiger partial charge >= 0.3 is 0 Å². The van der Waals surface area contributed by atoms with Crippen molar-refractivity contribution in [2.45, 2.75) is 23.5 Å². The molecule has 1 heterocycles. The molecule has 0 aromatic heterocycles. The van der Waals surface area contributed by atoms with Gasteiger partial charge in [-0.2, -0.15) is 0 Å². The zero-order valence-corrected chi connectivity index (χ0v) is 20.5. The lowest BCUT2D eigenvalue weighted by Crippen LogP contribution is -2.35. The largest absolute Gasteiger partial charge is 0.325 e. The van der Waals surface area contributed by atoms with Crippen LogP contribution in [0, 0.1) is 0 Å². The van der Waals surface area contributed by atoms with E-state index in [-0.39, 0.29) is 10.6 Å². The van der Waals surface area contributed by atoms with Crippen molar-refractivity contribution in [2.24, 2.45) is 0 Å². The van der Waals surface area contributed by atoms with Crippen molar-refractivity contribution in [2.75, 3.05) is 21.9 Å². The van der Waals surface area contributed by atoms with Gasteiger partial charge in [-0.3, -0.25) is 9.10 Å². The molecule has 3 aromatic carbocycles. The molecule has 178 valence electrons. The van der Waals surface area contributed by atoms with E-state index in [4.69, 9.17) is 11.6 Å². The van der Waals surface area contributed by atoms with Gasteiger partial charge in [-0.25, -0.2) is 16.8 Å². The number of fused-ring (bicyclic) bond motifs is 1. The molecular weight excluding hydrogens is 496 g/mol.